The van der Waals surface area contributed by atoms with Crippen LogP contribution in [-0.2, 0) is 23.1 Å². The molecular formula is C30H40BrN2O2S+. The van der Waals surface area contributed by atoms with Gasteiger partial charge in [-0.25, -0.2) is 8.42 Å². The van der Waals surface area contributed by atoms with Crippen LogP contribution in [0.4, 0.5) is 0 Å². The van der Waals surface area contributed by atoms with Gasteiger partial charge in [-0.1, -0.05) is 74.6 Å². The SMILES string of the molecule is Cc1cc(C)cc(CN(CCCC[N+](C)(C)Cc2cc(C)cc(C)c2)S(=O)(=O)c2ccc(Br)cc2)c1. The average Bonchev–Trinajstić information content (AvgIpc) is 2.74. The summed E-state index contributed by atoms with van der Waals surface area (Å²) in [5, 5.41) is 0. The van der Waals surface area contributed by atoms with Crippen molar-refractivity contribution in [1.82, 2.24) is 4.31 Å². The van der Waals surface area contributed by atoms with Crippen LogP contribution in [0.5, 0.6) is 0 Å². The van der Waals surface area contributed by atoms with Gasteiger partial charge in [0, 0.05) is 23.1 Å². The average molecular weight is 573 g/mol. The molecule has 0 aliphatic heterocycles. The molecule has 0 saturated carbocycles. The fourth-order valence-corrected chi connectivity index (χ4v) is 6.70. The zero-order valence-corrected chi connectivity index (χ0v) is 24.9. The van der Waals surface area contributed by atoms with Gasteiger partial charge in [-0.3, -0.25) is 0 Å². The molecule has 3 aromatic carbocycles. The molecular weight excluding hydrogens is 532 g/mol. The Labute approximate surface area is 226 Å². The lowest BCUT2D eigenvalue weighted by Crippen LogP contribution is -2.40. The summed E-state index contributed by atoms with van der Waals surface area (Å²) in [6.07, 6.45) is 1.77. The van der Waals surface area contributed by atoms with E-state index in [0.717, 1.165) is 51.6 Å². The van der Waals surface area contributed by atoms with Crippen LogP contribution in [-0.4, -0.2) is 44.4 Å². The van der Waals surface area contributed by atoms with Gasteiger partial charge in [-0.05, 0) is 70.4 Å². The molecule has 3 aromatic rings. The molecule has 0 heterocycles. The fourth-order valence-electron chi connectivity index (χ4n) is 4.97. The maximum absolute atomic E-state index is 13.6. The van der Waals surface area contributed by atoms with Crippen molar-refractivity contribution in [3.8, 4) is 0 Å². The lowest BCUT2D eigenvalue weighted by Gasteiger charge is -2.30. The molecule has 0 unspecified atom stereocenters. The van der Waals surface area contributed by atoms with E-state index in [2.05, 4.69) is 94.1 Å². The molecule has 0 aliphatic carbocycles. The number of halogens is 1. The molecule has 194 valence electrons. The molecule has 0 amide bonds. The molecule has 0 saturated heterocycles. The minimum atomic E-state index is -3.61. The topological polar surface area (TPSA) is 37.4 Å². The van der Waals surface area contributed by atoms with Crippen LogP contribution in [0.2, 0.25) is 0 Å². The first-order chi connectivity index (χ1) is 16.8. The number of quaternary nitrogens is 1. The predicted molar refractivity (Wildman–Crippen MR) is 153 cm³/mol. The molecule has 0 bridgehead atoms. The first-order valence-corrected chi connectivity index (χ1v) is 14.8. The molecule has 0 aliphatic rings. The van der Waals surface area contributed by atoms with E-state index in [4.69, 9.17) is 0 Å². The first kappa shape index (κ1) is 28.6. The third-order valence-corrected chi connectivity index (χ3v) is 8.79. The van der Waals surface area contributed by atoms with Crippen molar-refractivity contribution in [2.24, 2.45) is 0 Å². The third kappa shape index (κ3) is 8.27. The molecule has 3 rings (SSSR count). The summed E-state index contributed by atoms with van der Waals surface area (Å²) in [6.45, 7) is 11.2. The molecule has 6 heteroatoms. The molecule has 0 radical (unpaired) electrons. The predicted octanol–water partition coefficient (Wildman–Crippen LogP) is 6.93. The lowest BCUT2D eigenvalue weighted by atomic mass is 10.1. The van der Waals surface area contributed by atoms with Crippen molar-refractivity contribution < 1.29 is 12.9 Å². The van der Waals surface area contributed by atoms with Gasteiger partial charge >= 0.3 is 0 Å². The Morgan fingerprint density at radius 1 is 0.750 bits per heavy atom. The van der Waals surface area contributed by atoms with Crippen LogP contribution < -0.4 is 0 Å². The van der Waals surface area contributed by atoms with Gasteiger partial charge in [0.05, 0.1) is 25.5 Å². The number of benzene rings is 3. The van der Waals surface area contributed by atoms with Crippen molar-refractivity contribution in [3.63, 3.8) is 0 Å². The van der Waals surface area contributed by atoms with E-state index < -0.39 is 10.0 Å². The molecule has 0 fully saturated rings. The van der Waals surface area contributed by atoms with Crippen LogP contribution in [0.15, 0.2) is 70.0 Å². The Hall–Kier alpha value is -1.99. The van der Waals surface area contributed by atoms with Gasteiger partial charge in [-0.2, -0.15) is 4.31 Å². The molecule has 0 atom stereocenters. The fraction of sp³-hybridized carbons (Fsp3) is 0.400. The third-order valence-electron chi connectivity index (χ3n) is 6.40. The van der Waals surface area contributed by atoms with Crippen molar-refractivity contribution in [1.29, 1.82) is 0 Å². The number of hydrogen-bond acceptors (Lipinski definition) is 2. The molecule has 0 N–H and O–H groups in total. The number of unbranched alkanes of at least 4 members (excludes halogenated alkanes) is 1. The van der Waals surface area contributed by atoms with E-state index in [1.807, 2.05) is 0 Å². The Bertz CT molecular complexity index is 1240. The number of sulfonamides is 1. The van der Waals surface area contributed by atoms with Gasteiger partial charge in [0.25, 0.3) is 0 Å². The van der Waals surface area contributed by atoms with Crippen LogP contribution >= 0.6 is 15.9 Å². The lowest BCUT2D eigenvalue weighted by molar-refractivity contribution is -0.903. The first-order valence-electron chi connectivity index (χ1n) is 12.6. The second-order valence-electron chi connectivity index (χ2n) is 10.8. The number of rotatable bonds is 11. The van der Waals surface area contributed by atoms with Crippen molar-refractivity contribution >= 4 is 26.0 Å². The maximum Gasteiger partial charge on any atom is 0.243 e. The van der Waals surface area contributed by atoms with Gasteiger partial charge in [0.2, 0.25) is 10.0 Å². The minimum absolute atomic E-state index is 0.334. The summed E-state index contributed by atoms with van der Waals surface area (Å²) < 4.78 is 30.6. The van der Waals surface area contributed by atoms with E-state index in [1.54, 1.807) is 28.6 Å². The minimum Gasteiger partial charge on any atom is -0.325 e. The van der Waals surface area contributed by atoms with Crippen molar-refractivity contribution in [2.45, 2.75) is 58.5 Å². The zero-order valence-electron chi connectivity index (χ0n) is 22.5. The van der Waals surface area contributed by atoms with Crippen LogP contribution in [0.1, 0.15) is 46.2 Å². The van der Waals surface area contributed by atoms with Gasteiger partial charge in [-0.15, -0.1) is 0 Å². The van der Waals surface area contributed by atoms with E-state index in [9.17, 15) is 8.42 Å². The zero-order chi connectivity index (χ0) is 26.5. The smallest absolute Gasteiger partial charge is 0.243 e. The largest absolute Gasteiger partial charge is 0.325 e. The summed E-state index contributed by atoms with van der Waals surface area (Å²) in [4.78, 5) is 0.334. The summed E-state index contributed by atoms with van der Waals surface area (Å²) in [7, 11) is 0.899. The summed E-state index contributed by atoms with van der Waals surface area (Å²) in [5.74, 6) is 0. The number of aryl methyl sites for hydroxylation is 4. The molecule has 0 aromatic heterocycles. The summed E-state index contributed by atoms with van der Waals surface area (Å²) in [6, 6.07) is 20.0. The number of hydrogen-bond donors (Lipinski definition) is 0. The van der Waals surface area contributed by atoms with Gasteiger partial charge in [0.15, 0.2) is 0 Å². The quantitative estimate of drug-likeness (QED) is 0.185. The van der Waals surface area contributed by atoms with Gasteiger partial charge < -0.3 is 4.48 Å². The highest BCUT2D eigenvalue weighted by atomic mass is 79.9. The Morgan fingerprint density at radius 2 is 1.25 bits per heavy atom. The van der Waals surface area contributed by atoms with E-state index in [-0.39, 0.29) is 0 Å². The van der Waals surface area contributed by atoms with Crippen LogP contribution in [0.3, 0.4) is 0 Å². The second kappa shape index (κ2) is 12.0. The normalized spacial score (nSPS) is 12.3. The Morgan fingerprint density at radius 3 is 1.78 bits per heavy atom. The highest BCUT2D eigenvalue weighted by Gasteiger charge is 2.25. The van der Waals surface area contributed by atoms with Crippen molar-refractivity contribution in [3.05, 3.63) is 98.5 Å². The van der Waals surface area contributed by atoms with E-state index in [0.29, 0.717) is 18.0 Å². The van der Waals surface area contributed by atoms with Crippen LogP contribution in [0, 0.1) is 27.7 Å². The monoisotopic (exact) mass is 571 g/mol. The molecule has 0 spiro atoms. The van der Waals surface area contributed by atoms with Crippen molar-refractivity contribution in [2.75, 3.05) is 27.2 Å². The van der Waals surface area contributed by atoms with Gasteiger partial charge in [0.1, 0.15) is 6.54 Å². The molecule has 36 heavy (non-hydrogen) atoms. The van der Waals surface area contributed by atoms with Crippen LogP contribution in [0.25, 0.3) is 0 Å². The van der Waals surface area contributed by atoms with E-state index >= 15 is 0 Å². The highest BCUT2D eigenvalue weighted by Crippen LogP contribution is 2.23. The highest BCUT2D eigenvalue weighted by molar-refractivity contribution is 9.10. The number of nitrogens with zero attached hydrogens (tertiary/aromatic N) is 2. The standard InChI is InChI=1S/C30H40BrN2O2S/c1-23-15-24(2)18-27(17-23)21-32(36(34,35)30-11-9-29(31)10-12-30)13-7-8-14-33(5,6)22-28-19-25(3)16-26(4)20-28/h9-12,15-20H,7-8,13-14,21-22H2,1-6H3/q+1. The Balaban J connectivity index is 1.71. The Kier molecular flexibility index (Phi) is 9.56. The second-order valence-corrected chi connectivity index (χ2v) is 13.7. The van der Waals surface area contributed by atoms with E-state index in [1.165, 1.54) is 16.7 Å². The maximum atomic E-state index is 13.6. The summed E-state index contributed by atoms with van der Waals surface area (Å²) in [5.41, 5.74) is 7.27. The molecule has 4 nitrogen and oxygen atoms in total. The summed E-state index contributed by atoms with van der Waals surface area (Å²) >= 11 is 3.41.